The van der Waals surface area contributed by atoms with E-state index in [1.54, 1.807) is 6.26 Å². The molecule has 1 aliphatic heterocycles. The lowest BCUT2D eigenvalue weighted by atomic mass is 9.98. The van der Waals surface area contributed by atoms with Crippen molar-refractivity contribution in [2.75, 3.05) is 18.6 Å². The van der Waals surface area contributed by atoms with Gasteiger partial charge in [0.2, 0.25) is 0 Å². The highest BCUT2D eigenvalue weighted by Gasteiger charge is 2.26. The molecular formula is C10H22N2OS. The van der Waals surface area contributed by atoms with Crippen molar-refractivity contribution in [1.82, 2.24) is 4.90 Å². The van der Waals surface area contributed by atoms with Gasteiger partial charge in [0.1, 0.15) is 0 Å². The maximum absolute atomic E-state index is 11.1. The Balaban J connectivity index is 2.46. The predicted octanol–water partition coefficient (Wildman–Crippen LogP) is 0.565. The Labute approximate surface area is 89.5 Å². The third-order valence-corrected chi connectivity index (χ3v) is 3.96. The van der Waals surface area contributed by atoms with Crippen molar-refractivity contribution in [3.8, 4) is 0 Å². The normalized spacial score (nSPS) is 34.0. The van der Waals surface area contributed by atoms with E-state index in [1.165, 1.54) is 0 Å². The fourth-order valence-corrected chi connectivity index (χ4v) is 3.19. The molecule has 1 aliphatic rings. The first-order valence-electron chi connectivity index (χ1n) is 5.32. The van der Waals surface area contributed by atoms with Crippen molar-refractivity contribution < 1.29 is 4.21 Å². The molecule has 0 aromatic heterocycles. The van der Waals surface area contributed by atoms with Crippen LogP contribution in [0.25, 0.3) is 0 Å². The second-order valence-electron chi connectivity index (χ2n) is 4.46. The zero-order valence-corrected chi connectivity index (χ0v) is 10.2. The Hall–Kier alpha value is 0.0700. The molecule has 0 aliphatic carbocycles. The van der Waals surface area contributed by atoms with E-state index in [0.29, 0.717) is 18.1 Å². The summed E-state index contributed by atoms with van der Waals surface area (Å²) in [6.07, 6.45) is 3.92. The van der Waals surface area contributed by atoms with Gasteiger partial charge in [0, 0.05) is 47.5 Å². The highest BCUT2D eigenvalue weighted by atomic mass is 32.2. The monoisotopic (exact) mass is 218 g/mol. The van der Waals surface area contributed by atoms with Gasteiger partial charge in [-0.25, -0.2) is 0 Å². The molecule has 0 radical (unpaired) electrons. The molecule has 4 unspecified atom stereocenters. The minimum atomic E-state index is -0.694. The van der Waals surface area contributed by atoms with E-state index < -0.39 is 10.8 Å². The summed E-state index contributed by atoms with van der Waals surface area (Å²) in [7, 11) is -0.694. The average Bonchev–Trinajstić information content (AvgIpc) is 2.01. The summed E-state index contributed by atoms with van der Waals surface area (Å²) in [5.41, 5.74) is 5.90. The van der Waals surface area contributed by atoms with Crippen molar-refractivity contribution in [2.45, 2.75) is 44.8 Å². The molecule has 0 aromatic carbocycles. The lowest BCUT2D eigenvalue weighted by Gasteiger charge is -2.40. The van der Waals surface area contributed by atoms with Crippen LogP contribution < -0.4 is 5.73 Å². The fourth-order valence-electron chi connectivity index (χ4n) is 2.32. The first-order chi connectivity index (χ1) is 6.50. The first-order valence-corrected chi connectivity index (χ1v) is 7.04. The quantitative estimate of drug-likeness (QED) is 0.753. The molecule has 1 fully saturated rings. The van der Waals surface area contributed by atoms with Crippen molar-refractivity contribution in [3.63, 3.8) is 0 Å². The SMILES string of the molecule is CC1CC(N)CCN1C(C)CS(C)=O. The molecule has 4 heteroatoms. The third kappa shape index (κ3) is 3.33. The minimum absolute atomic E-state index is 0.362. The summed E-state index contributed by atoms with van der Waals surface area (Å²) >= 11 is 0. The molecule has 0 saturated carbocycles. The molecule has 84 valence electrons. The van der Waals surface area contributed by atoms with Gasteiger partial charge >= 0.3 is 0 Å². The van der Waals surface area contributed by atoms with E-state index in [2.05, 4.69) is 18.7 Å². The van der Waals surface area contributed by atoms with Gasteiger partial charge in [0.15, 0.2) is 0 Å². The molecule has 3 nitrogen and oxygen atoms in total. The standard InChI is InChI=1S/C10H22N2OS/c1-8-6-10(11)4-5-12(8)9(2)7-14(3)13/h8-10H,4-7,11H2,1-3H3. The Bertz CT molecular complexity index is 210. The molecule has 0 bridgehead atoms. The first kappa shape index (κ1) is 12.1. The van der Waals surface area contributed by atoms with E-state index >= 15 is 0 Å². The number of likely N-dealkylation sites (tertiary alicyclic amines) is 1. The summed E-state index contributed by atoms with van der Waals surface area (Å²) < 4.78 is 11.1. The van der Waals surface area contributed by atoms with E-state index in [9.17, 15) is 4.21 Å². The average molecular weight is 218 g/mol. The highest BCUT2D eigenvalue weighted by Crippen LogP contribution is 2.18. The van der Waals surface area contributed by atoms with Gasteiger partial charge in [-0.3, -0.25) is 9.11 Å². The molecule has 1 heterocycles. The van der Waals surface area contributed by atoms with Crippen LogP contribution in [0.1, 0.15) is 26.7 Å². The van der Waals surface area contributed by atoms with Crippen molar-refractivity contribution in [2.24, 2.45) is 5.73 Å². The van der Waals surface area contributed by atoms with Crippen molar-refractivity contribution >= 4 is 10.8 Å². The zero-order valence-electron chi connectivity index (χ0n) is 9.40. The molecule has 0 spiro atoms. The van der Waals surface area contributed by atoms with Crippen molar-refractivity contribution in [3.05, 3.63) is 0 Å². The van der Waals surface area contributed by atoms with Crippen LogP contribution in [0.5, 0.6) is 0 Å². The van der Waals surface area contributed by atoms with Crippen molar-refractivity contribution in [1.29, 1.82) is 0 Å². The Morgan fingerprint density at radius 3 is 2.79 bits per heavy atom. The second-order valence-corrected chi connectivity index (χ2v) is 5.94. The molecule has 1 saturated heterocycles. The lowest BCUT2D eigenvalue weighted by Crippen LogP contribution is -2.50. The maximum atomic E-state index is 11.1. The molecule has 0 aromatic rings. The maximum Gasteiger partial charge on any atom is 0.0385 e. The minimum Gasteiger partial charge on any atom is -0.328 e. The van der Waals surface area contributed by atoms with Gasteiger partial charge < -0.3 is 5.73 Å². The van der Waals surface area contributed by atoms with Crippen LogP contribution in [0.15, 0.2) is 0 Å². The van der Waals surface area contributed by atoms with Crippen LogP contribution in [0.4, 0.5) is 0 Å². The highest BCUT2D eigenvalue weighted by molar-refractivity contribution is 7.84. The van der Waals surface area contributed by atoms with E-state index in [4.69, 9.17) is 5.73 Å². The topological polar surface area (TPSA) is 46.3 Å². The predicted molar refractivity (Wildman–Crippen MR) is 61.8 cm³/mol. The summed E-state index contributed by atoms with van der Waals surface area (Å²) in [5, 5.41) is 0. The Morgan fingerprint density at radius 2 is 2.29 bits per heavy atom. The van der Waals surface area contributed by atoms with E-state index in [1.807, 2.05) is 0 Å². The van der Waals surface area contributed by atoms with Crippen LogP contribution in [0.2, 0.25) is 0 Å². The molecule has 14 heavy (non-hydrogen) atoms. The van der Waals surface area contributed by atoms with Gasteiger partial charge in [-0.1, -0.05) is 0 Å². The molecule has 4 atom stereocenters. The zero-order chi connectivity index (χ0) is 10.7. The van der Waals surface area contributed by atoms with Gasteiger partial charge in [0.05, 0.1) is 0 Å². The summed E-state index contributed by atoms with van der Waals surface area (Å²) in [6, 6.07) is 1.32. The van der Waals surface area contributed by atoms with Crippen LogP contribution in [-0.2, 0) is 10.8 Å². The number of rotatable bonds is 3. The van der Waals surface area contributed by atoms with Gasteiger partial charge in [-0.05, 0) is 26.7 Å². The number of hydrogen-bond acceptors (Lipinski definition) is 3. The number of piperidine rings is 1. The second kappa shape index (κ2) is 5.24. The summed E-state index contributed by atoms with van der Waals surface area (Å²) in [5.74, 6) is 0.777. The number of hydrogen-bond donors (Lipinski definition) is 1. The largest absolute Gasteiger partial charge is 0.328 e. The fraction of sp³-hybridized carbons (Fsp3) is 1.00. The Kier molecular flexibility index (Phi) is 4.54. The summed E-state index contributed by atoms with van der Waals surface area (Å²) in [6.45, 7) is 5.43. The summed E-state index contributed by atoms with van der Waals surface area (Å²) in [4.78, 5) is 2.44. The number of nitrogens with zero attached hydrogens (tertiary/aromatic N) is 1. The van der Waals surface area contributed by atoms with Gasteiger partial charge in [-0.2, -0.15) is 0 Å². The number of nitrogens with two attached hydrogens (primary N) is 1. The van der Waals surface area contributed by atoms with Gasteiger partial charge in [-0.15, -0.1) is 0 Å². The Morgan fingerprint density at radius 1 is 1.64 bits per heavy atom. The van der Waals surface area contributed by atoms with Crippen LogP contribution in [-0.4, -0.2) is 45.8 Å². The molecule has 2 N–H and O–H groups in total. The smallest absolute Gasteiger partial charge is 0.0385 e. The van der Waals surface area contributed by atoms with Crippen LogP contribution in [0, 0.1) is 0 Å². The third-order valence-electron chi connectivity index (χ3n) is 3.01. The molecular weight excluding hydrogens is 196 g/mol. The lowest BCUT2D eigenvalue weighted by molar-refractivity contribution is 0.114. The van der Waals surface area contributed by atoms with Crippen LogP contribution in [0.3, 0.4) is 0 Å². The van der Waals surface area contributed by atoms with E-state index in [-0.39, 0.29) is 0 Å². The van der Waals surface area contributed by atoms with E-state index in [0.717, 1.165) is 25.1 Å². The van der Waals surface area contributed by atoms with Crippen LogP contribution >= 0.6 is 0 Å². The molecule has 1 rings (SSSR count). The molecule has 0 amide bonds. The van der Waals surface area contributed by atoms with Gasteiger partial charge in [0.25, 0.3) is 0 Å².